The number of benzene rings is 1. The van der Waals surface area contributed by atoms with Gasteiger partial charge in [0.1, 0.15) is 5.75 Å². The van der Waals surface area contributed by atoms with Crippen LogP contribution in [0.4, 0.5) is 0 Å². The smallest absolute Gasteiger partial charge is 0.119 e. The molecule has 17 heavy (non-hydrogen) atoms. The highest BCUT2D eigenvalue weighted by Crippen LogP contribution is 2.18. The summed E-state index contributed by atoms with van der Waals surface area (Å²) in [5.41, 5.74) is 8.20. The lowest BCUT2D eigenvalue weighted by molar-refractivity contribution is 0.413. The molecule has 0 saturated carbocycles. The zero-order valence-electron chi connectivity index (χ0n) is 10.1. The molecule has 4 heteroatoms. The summed E-state index contributed by atoms with van der Waals surface area (Å²) in [4.78, 5) is 0. The van der Waals surface area contributed by atoms with Gasteiger partial charge >= 0.3 is 0 Å². The minimum atomic E-state index is -0.0793. The zero-order valence-corrected chi connectivity index (χ0v) is 10.1. The maximum Gasteiger partial charge on any atom is 0.119 e. The van der Waals surface area contributed by atoms with Crippen molar-refractivity contribution in [3.8, 4) is 5.75 Å². The summed E-state index contributed by atoms with van der Waals surface area (Å²) < 4.78 is 7.04. The monoisotopic (exact) mass is 231 g/mol. The molecule has 0 aliphatic carbocycles. The molecular weight excluding hydrogens is 214 g/mol. The molecule has 4 nitrogen and oxygen atoms in total. The molecule has 0 amide bonds. The van der Waals surface area contributed by atoms with Crippen LogP contribution < -0.4 is 10.5 Å². The summed E-state index contributed by atoms with van der Waals surface area (Å²) in [5.74, 6) is 0.828. The Kier molecular flexibility index (Phi) is 3.44. The second kappa shape index (κ2) is 5.01. The lowest BCUT2D eigenvalue weighted by atomic mass is 10.1. The summed E-state index contributed by atoms with van der Waals surface area (Å²) in [5, 5.41) is 4.32. The van der Waals surface area contributed by atoms with E-state index in [0.717, 1.165) is 17.0 Å². The molecule has 0 bridgehead atoms. The number of rotatable bonds is 4. The summed E-state index contributed by atoms with van der Waals surface area (Å²) >= 11 is 0. The first kappa shape index (κ1) is 11.7. The van der Waals surface area contributed by atoms with Gasteiger partial charge in [-0.05, 0) is 30.7 Å². The van der Waals surface area contributed by atoms with Crippen molar-refractivity contribution in [2.24, 2.45) is 5.73 Å². The van der Waals surface area contributed by atoms with Crippen LogP contribution in [0.1, 0.15) is 17.3 Å². The topological polar surface area (TPSA) is 53.1 Å². The first-order valence-electron chi connectivity index (χ1n) is 5.58. The second-order valence-corrected chi connectivity index (χ2v) is 4.06. The molecule has 2 N–H and O–H groups in total. The molecule has 1 aromatic carbocycles. The quantitative estimate of drug-likeness (QED) is 0.874. The van der Waals surface area contributed by atoms with Crippen molar-refractivity contribution in [2.45, 2.75) is 19.5 Å². The van der Waals surface area contributed by atoms with Gasteiger partial charge in [-0.15, -0.1) is 0 Å². The average molecular weight is 231 g/mol. The van der Waals surface area contributed by atoms with Gasteiger partial charge in [0.25, 0.3) is 0 Å². The van der Waals surface area contributed by atoms with E-state index in [1.807, 2.05) is 48.1 Å². The van der Waals surface area contributed by atoms with E-state index in [1.54, 1.807) is 7.11 Å². The van der Waals surface area contributed by atoms with E-state index in [4.69, 9.17) is 10.5 Å². The third-order valence-corrected chi connectivity index (χ3v) is 2.68. The standard InChI is InChI=1S/C13H17N3O/c1-10-6-7-16(15-10)9-13(14)11-4-3-5-12(8-11)17-2/h3-8,13H,9,14H2,1-2H3. The molecule has 1 heterocycles. The molecule has 0 aliphatic rings. The minimum Gasteiger partial charge on any atom is -0.497 e. The number of hydrogen-bond acceptors (Lipinski definition) is 3. The van der Waals surface area contributed by atoms with E-state index < -0.39 is 0 Å². The lowest BCUT2D eigenvalue weighted by Gasteiger charge is -2.13. The van der Waals surface area contributed by atoms with Crippen molar-refractivity contribution < 1.29 is 4.74 Å². The molecule has 0 spiro atoms. The fourth-order valence-corrected chi connectivity index (χ4v) is 1.74. The Hall–Kier alpha value is -1.81. The Morgan fingerprint density at radius 3 is 2.88 bits per heavy atom. The molecule has 1 atom stereocenters. The molecule has 90 valence electrons. The summed E-state index contributed by atoms with van der Waals surface area (Å²) in [6.07, 6.45) is 1.94. The summed E-state index contributed by atoms with van der Waals surface area (Å²) in [7, 11) is 1.65. The SMILES string of the molecule is COc1cccc(C(N)Cn2ccc(C)n2)c1. The second-order valence-electron chi connectivity index (χ2n) is 4.06. The van der Waals surface area contributed by atoms with Crippen LogP contribution in [0.5, 0.6) is 5.75 Å². The number of nitrogens with two attached hydrogens (primary N) is 1. The molecule has 1 unspecified atom stereocenters. The average Bonchev–Trinajstić information content (AvgIpc) is 2.75. The van der Waals surface area contributed by atoms with E-state index in [9.17, 15) is 0 Å². The van der Waals surface area contributed by atoms with Crippen LogP contribution in [0.15, 0.2) is 36.5 Å². The van der Waals surface area contributed by atoms with E-state index >= 15 is 0 Å². The fourth-order valence-electron chi connectivity index (χ4n) is 1.74. The van der Waals surface area contributed by atoms with Crippen LogP contribution in [0.25, 0.3) is 0 Å². The Balaban J connectivity index is 2.11. The molecule has 0 aliphatic heterocycles. The van der Waals surface area contributed by atoms with E-state index in [1.165, 1.54) is 0 Å². The van der Waals surface area contributed by atoms with Gasteiger partial charge in [-0.3, -0.25) is 4.68 Å². The maximum atomic E-state index is 6.14. The van der Waals surface area contributed by atoms with Crippen molar-refractivity contribution in [1.82, 2.24) is 9.78 Å². The largest absolute Gasteiger partial charge is 0.497 e. The number of nitrogens with zero attached hydrogens (tertiary/aromatic N) is 2. The predicted molar refractivity (Wildman–Crippen MR) is 66.9 cm³/mol. The normalized spacial score (nSPS) is 12.4. The Labute approximate surface area is 101 Å². The Morgan fingerprint density at radius 1 is 1.41 bits per heavy atom. The third kappa shape index (κ3) is 2.85. The molecule has 2 rings (SSSR count). The number of hydrogen-bond donors (Lipinski definition) is 1. The highest BCUT2D eigenvalue weighted by Gasteiger charge is 2.08. The van der Waals surface area contributed by atoms with Gasteiger partial charge in [-0.1, -0.05) is 12.1 Å². The highest BCUT2D eigenvalue weighted by atomic mass is 16.5. The Bertz CT molecular complexity index is 493. The van der Waals surface area contributed by atoms with Crippen LogP contribution in [-0.2, 0) is 6.54 Å². The van der Waals surface area contributed by atoms with E-state index in [0.29, 0.717) is 6.54 Å². The van der Waals surface area contributed by atoms with Gasteiger partial charge in [0.05, 0.1) is 19.3 Å². The third-order valence-electron chi connectivity index (χ3n) is 2.68. The molecular formula is C13H17N3O. The van der Waals surface area contributed by atoms with Crippen LogP contribution in [0.2, 0.25) is 0 Å². The maximum absolute atomic E-state index is 6.14. The van der Waals surface area contributed by atoms with Crippen LogP contribution in [0, 0.1) is 6.92 Å². The van der Waals surface area contributed by atoms with Gasteiger partial charge < -0.3 is 10.5 Å². The van der Waals surface area contributed by atoms with Crippen molar-refractivity contribution >= 4 is 0 Å². The van der Waals surface area contributed by atoms with E-state index in [2.05, 4.69) is 5.10 Å². The molecule has 0 saturated heterocycles. The van der Waals surface area contributed by atoms with Gasteiger partial charge in [0.2, 0.25) is 0 Å². The van der Waals surface area contributed by atoms with Crippen molar-refractivity contribution in [2.75, 3.05) is 7.11 Å². The fraction of sp³-hybridized carbons (Fsp3) is 0.308. The number of methoxy groups -OCH3 is 1. The number of ether oxygens (including phenoxy) is 1. The summed E-state index contributed by atoms with van der Waals surface area (Å²) in [6, 6.07) is 9.71. The molecule has 0 fully saturated rings. The van der Waals surface area contributed by atoms with Crippen LogP contribution >= 0.6 is 0 Å². The van der Waals surface area contributed by atoms with Crippen molar-refractivity contribution in [1.29, 1.82) is 0 Å². The van der Waals surface area contributed by atoms with Gasteiger partial charge in [-0.2, -0.15) is 5.10 Å². The number of aryl methyl sites for hydroxylation is 1. The Morgan fingerprint density at radius 2 is 2.24 bits per heavy atom. The first-order chi connectivity index (χ1) is 8.19. The van der Waals surface area contributed by atoms with Crippen molar-refractivity contribution in [3.05, 3.63) is 47.8 Å². The molecule has 1 aromatic heterocycles. The van der Waals surface area contributed by atoms with Crippen molar-refractivity contribution in [3.63, 3.8) is 0 Å². The molecule has 0 radical (unpaired) electrons. The van der Waals surface area contributed by atoms with Crippen LogP contribution in [-0.4, -0.2) is 16.9 Å². The van der Waals surface area contributed by atoms with E-state index in [-0.39, 0.29) is 6.04 Å². The van der Waals surface area contributed by atoms with Crippen LogP contribution in [0.3, 0.4) is 0 Å². The van der Waals surface area contributed by atoms with Gasteiger partial charge in [0, 0.05) is 12.2 Å². The number of aromatic nitrogens is 2. The molecule has 2 aromatic rings. The summed E-state index contributed by atoms with van der Waals surface area (Å²) in [6.45, 7) is 2.63. The minimum absolute atomic E-state index is 0.0793. The lowest BCUT2D eigenvalue weighted by Crippen LogP contribution is -2.18. The van der Waals surface area contributed by atoms with Gasteiger partial charge in [-0.25, -0.2) is 0 Å². The van der Waals surface area contributed by atoms with Gasteiger partial charge in [0.15, 0.2) is 0 Å². The predicted octanol–water partition coefficient (Wildman–Crippen LogP) is 1.90. The first-order valence-corrected chi connectivity index (χ1v) is 5.58. The highest BCUT2D eigenvalue weighted by molar-refractivity contribution is 5.30. The zero-order chi connectivity index (χ0) is 12.3.